The minimum absolute atomic E-state index is 0.120. The molecular weight excluding hydrogens is 494 g/mol. The third-order valence-corrected chi connectivity index (χ3v) is 8.36. The highest BCUT2D eigenvalue weighted by Gasteiger charge is 2.40. The van der Waals surface area contributed by atoms with E-state index in [1.165, 1.54) is 18.3 Å². The number of ether oxygens (including phenoxy) is 2. The lowest BCUT2D eigenvalue weighted by Crippen LogP contribution is -2.40. The van der Waals surface area contributed by atoms with Crippen LogP contribution in [0.15, 0.2) is 58.6 Å². The first-order valence-corrected chi connectivity index (χ1v) is 13.5. The molecule has 4 heterocycles. The van der Waals surface area contributed by atoms with E-state index in [2.05, 4.69) is 22.2 Å². The highest BCUT2D eigenvalue weighted by molar-refractivity contribution is 7.91. The molecule has 0 saturated carbocycles. The molecule has 194 valence electrons. The average molecular weight is 524 g/mol. The van der Waals surface area contributed by atoms with E-state index in [9.17, 15) is 13.2 Å². The number of sulfone groups is 1. The van der Waals surface area contributed by atoms with E-state index in [0.717, 1.165) is 12.0 Å². The highest BCUT2D eigenvalue weighted by Crippen LogP contribution is 2.39. The van der Waals surface area contributed by atoms with Crippen molar-refractivity contribution in [2.45, 2.75) is 49.2 Å². The molecule has 0 bridgehead atoms. The summed E-state index contributed by atoms with van der Waals surface area (Å²) in [7, 11) is -4.19. The summed E-state index contributed by atoms with van der Waals surface area (Å²) in [5.74, 6) is 1.49. The molecule has 3 N–H and O–H groups in total. The first-order chi connectivity index (χ1) is 17.6. The molecule has 37 heavy (non-hydrogen) atoms. The van der Waals surface area contributed by atoms with E-state index in [-0.39, 0.29) is 33.6 Å². The smallest absolute Gasteiger partial charge is 0.253 e. The summed E-state index contributed by atoms with van der Waals surface area (Å²) < 4.78 is 38.2. The third-order valence-electron chi connectivity index (χ3n) is 6.67. The summed E-state index contributed by atoms with van der Waals surface area (Å²) in [5, 5.41) is 2.94. The minimum atomic E-state index is -4.19. The van der Waals surface area contributed by atoms with Crippen LogP contribution in [0.5, 0.6) is 11.5 Å². The fraction of sp³-hybridized carbons (Fsp3) is 0.346. The summed E-state index contributed by atoms with van der Waals surface area (Å²) >= 11 is 0. The van der Waals surface area contributed by atoms with Crippen molar-refractivity contribution in [2.75, 3.05) is 23.6 Å². The SMILES string of the molecule is CC1CN(c2nccc(S(=O)(=O)c3cccc(NCc4ccc5c(c4)OCO5)n3)c2C(N)=O)C(C)(C)C1. The Kier molecular flexibility index (Phi) is 6.18. The monoisotopic (exact) mass is 523 g/mol. The zero-order valence-electron chi connectivity index (χ0n) is 20.9. The Balaban J connectivity index is 1.46. The van der Waals surface area contributed by atoms with Gasteiger partial charge in [0.25, 0.3) is 5.91 Å². The van der Waals surface area contributed by atoms with Crippen LogP contribution in [-0.4, -0.2) is 43.2 Å². The van der Waals surface area contributed by atoms with Crippen molar-refractivity contribution < 1.29 is 22.7 Å². The molecule has 2 aliphatic heterocycles. The van der Waals surface area contributed by atoms with Gasteiger partial charge in [-0.15, -0.1) is 0 Å². The first kappa shape index (κ1) is 24.8. The lowest BCUT2D eigenvalue weighted by Gasteiger charge is -2.33. The molecule has 10 nitrogen and oxygen atoms in total. The van der Waals surface area contributed by atoms with Crippen molar-refractivity contribution in [3.05, 3.63) is 59.8 Å². The molecule has 2 aliphatic rings. The van der Waals surface area contributed by atoms with Crippen LogP contribution in [0.4, 0.5) is 11.6 Å². The molecule has 2 aromatic heterocycles. The number of nitrogens with zero attached hydrogens (tertiary/aromatic N) is 3. The van der Waals surface area contributed by atoms with Crippen LogP contribution in [0.1, 0.15) is 43.1 Å². The lowest BCUT2D eigenvalue weighted by atomic mass is 9.97. The molecule has 11 heteroatoms. The molecule has 1 aromatic carbocycles. The van der Waals surface area contributed by atoms with Gasteiger partial charge in [0.15, 0.2) is 16.5 Å². The number of hydrogen-bond acceptors (Lipinski definition) is 9. The number of benzene rings is 1. The molecule has 1 amide bonds. The van der Waals surface area contributed by atoms with Crippen molar-refractivity contribution >= 4 is 27.4 Å². The number of primary amides is 1. The number of aromatic nitrogens is 2. The summed E-state index contributed by atoms with van der Waals surface area (Å²) in [6.45, 7) is 7.41. The Bertz CT molecular complexity index is 1470. The second-order valence-corrected chi connectivity index (χ2v) is 11.9. The minimum Gasteiger partial charge on any atom is -0.454 e. The van der Waals surface area contributed by atoms with Crippen LogP contribution in [0, 0.1) is 5.92 Å². The van der Waals surface area contributed by atoms with Gasteiger partial charge >= 0.3 is 0 Å². The quantitative estimate of drug-likeness (QED) is 0.477. The van der Waals surface area contributed by atoms with Crippen molar-refractivity contribution in [3.63, 3.8) is 0 Å². The van der Waals surface area contributed by atoms with Gasteiger partial charge in [-0.05, 0) is 62.1 Å². The van der Waals surface area contributed by atoms with Crippen molar-refractivity contribution in [3.8, 4) is 11.5 Å². The summed E-state index contributed by atoms with van der Waals surface area (Å²) in [5.41, 5.74) is 6.22. The van der Waals surface area contributed by atoms with Gasteiger partial charge in [0, 0.05) is 24.8 Å². The van der Waals surface area contributed by atoms with Crippen LogP contribution in [0.2, 0.25) is 0 Å². The summed E-state index contributed by atoms with van der Waals surface area (Å²) in [4.78, 5) is 23.1. The van der Waals surface area contributed by atoms with Crippen LogP contribution < -0.4 is 25.4 Å². The normalized spacial score (nSPS) is 18.1. The number of anilines is 2. The molecule has 1 atom stereocenters. The van der Waals surface area contributed by atoms with E-state index in [4.69, 9.17) is 15.2 Å². The maximum atomic E-state index is 13.7. The zero-order valence-corrected chi connectivity index (χ0v) is 21.7. The Morgan fingerprint density at radius 3 is 2.70 bits per heavy atom. The van der Waals surface area contributed by atoms with Gasteiger partial charge in [-0.3, -0.25) is 4.79 Å². The molecule has 0 aliphatic carbocycles. The number of carbonyl (C=O) groups is 1. The second-order valence-electron chi connectivity index (χ2n) is 10.0. The molecule has 1 unspecified atom stereocenters. The lowest BCUT2D eigenvalue weighted by molar-refractivity contribution is 0.0997. The Labute approximate surface area is 215 Å². The number of hydrogen-bond donors (Lipinski definition) is 2. The van der Waals surface area contributed by atoms with Crippen LogP contribution in [-0.2, 0) is 16.4 Å². The molecule has 5 rings (SSSR count). The van der Waals surface area contributed by atoms with E-state index >= 15 is 0 Å². The molecule has 1 saturated heterocycles. The molecular formula is C26H29N5O5S. The van der Waals surface area contributed by atoms with Crippen molar-refractivity contribution in [2.24, 2.45) is 11.7 Å². The topological polar surface area (TPSA) is 137 Å². The number of pyridine rings is 2. The number of fused-ring (bicyclic) bond motifs is 1. The standard InChI is InChI=1S/C26H29N5O5S/c1-16-12-26(2,3)31(14-16)25-23(24(27)32)20(9-10-28-25)37(33,34)22-6-4-5-21(30-22)29-13-17-7-8-18-19(11-17)36-15-35-18/h4-11,16H,12-15H2,1-3H3,(H2,27,32)(H,29,30). The largest absolute Gasteiger partial charge is 0.454 e. The number of nitrogens with one attached hydrogen (secondary N) is 1. The predicted molar refractivity (Wildman–Crippen MR) is 138 cm³/mol. The number of carbonyl (C=O) groups excluding carboxylic acids is 1. The molecule has 3 aromatic rings. The van der Waals surface area contributed by atoms with Crippen molar-refractivity contribution in [1.82, 2.24) is 9.97 Å². The molecule has 0 radical (unpaired) electrons. The summed E-state index contributed by atoms with van der Waals surface area (Å²) in [6.07, 6.45) is 2.28. The van der Waals surface area contributed by atoms with Crippen molar-refractivity contribution in [1.29, 1.82) is 0 Å². The average Bonchev–Trinajstić information content (AvgIpc) is 3.44. The van der Waals surface area contributed by atoms with Crippen LogP contribution in [0.25, 0.3) is 0 Å². The predicted octanol–water partition coefficient (Wildman–Crippen LogP) is 3.37. The fourth-order valence-electron chi connectivity index (χ4n) is 5.07. The second kappa shape index (κ2) is 9.22. The van der Waals surface area contributed by atoms with E-state index < -0.39 is 15.7 Å². The van der Waals surface area contributed by atoms with Crippen LogP contribution >= 0.6 is 0 Å². The Morgan fingerprint density at radius 2 is 1.97 bits per heavy atom. The van der Waals surface area contributed by atoms with Gasteiger partial charge < -0.3 is 25.4 Å². The molecule has 0 spiro atoms. The number of nitrogens with two attached hydrogens (primary N) is 1. The Morgan fingerprint density at radius 1 is 1.19 bits per heavy atom. The van der Waals surface area contributed by atoms with E-state index in [1.807, 2.05) is 36.9 Å². The van der Waals surface area contributed by atoms with Gasteiger partial charge in [0.2, 0.25) is 16.6 Å². The Hall–Kier alpha value is -3.86. The fourth-order valence-corrected chi connectivity index (χ4v) is 6.47. The van der Waals surface area contributed by atoms with Gasteiger partial charge in [-0.25, -0.2) is 18.4 Å². The number of amides is 1. The summed E-state index contributed by atoms with van der Waals surface area (Å²) in [6, 6.07) is 11.5. The maximum absolute atomic E-state index is 13.7. The van der Waals surface area contributed by atoms with Crippen LogP contribution in [0.3, 0.4) is 0 Å². The maximum Gasteiger partial charge on any atom is 0.253 e. The van der Waals surface area contributed by atoms with E-state index in [0.29, 0.717) is 36.3 Å². The van der Waals surface area contributed by atoms with Gasteiger partial charge in [-0.1, -0.05) is 19.1 Å². The zero-order chi connectivity index (χ0) is 26.4. The molecule has 1 fully saturated rings. The van der Waals surface area contributed by atoms with E-state index in [1.54, 1.807) is 12.1 Å². The number of rotatable bonds is 7. The van der Waals surface area contributed by atoms with Gasteiger partial charge in [-0.2, -0.15) is 0 Å². The van der Waals surface area contributed by atoms with Gasteiger partial charge in [0.1, 0.15) is 17.2 Å². The van der Waals surface area contributed by atoms with Gasteiger partial charge in [0.05, 0.1) is 4.90 Å². The third kappa shape index (κ3) is 4.66. The first-order valence-electron chi connectivity index (χ1n) is 12.0. The highest BCUT2D eigenvalue weighted by atomic mass is 32.2.